The zero-order valence-corrected chi connectivity index (χ0v) is 43.0. The molecule has 1 aromatic carbocycles. The van der Waals surface area contributed by atoms with Crippen LogP contribution in [0.4, 0.5) is 11.5 Å². The second-order valence-corrected chi connectivity index (χ2v) is 21.9. The number of aryl methyl sites for hydroxylation is 1. The molecule has 73 heavy (non-hydrogen) atoms. The molecule has 1 aromatic heterocycles. The zero-order valence-electron chi connectivity index (χ0n) is 41.4. The predicted molar refractivity (Wildman–Crippen MR) is 258 cm³/mol. The number of hydrogen-bond acceptors (Lipinski definition) is 17. The molecular formula is C49H60N6O16S2. The molecule has 5 heterocycles. The molecule has 0 unspecified atom stereocenters. The molecule has 2 saturated heterocycles. The molecule has 5 amide bonds. The maximum absolute atomic E-state index is 13.8. The Labute approximate surface area is 423 Å². The Hall–Kier alpha value is -6.47. The Balaban J connectivity index is 1.12. The molecule has 0 spiro atoms. The summed E-state index contributed by atoms with van der Waals surface area (Å²) < 4.78 is 70.4. The van der Waals surface area contributed by atoms with Gasteiger partial charge in [0.1, 0.15) is 6.20 Å². The number of aromatic nitrogens is 1. The van der Waals surface area contributed by atoms with E-state index in [0.717, 1.165) is 16.4 Å². The summed E-state index contributed by atoms with van der Waals surface area (Å²) in [6, 6.07) is 6.12. The van der Waals surface area contributed by atoms with Crippen molar-refractivity contribution in [3.8, 4) is 0 Å². The van der Waals surface area contributed by atoms with Crippen molar-refractivity contribution in [3.05, 3.63) is 83.2 Å². The summed E-state index contributed by atoms with van der Waals surface area (Å²) >= 11 is 0. The summed E-state index contributed by atoms with van der Waals surface area (Å²) in [5, 5.41) is 2.09. The third-order valence-electron chi connectivity index (χ3n) is 12.8. The summed E-state index contributed by atoms with van der Waals surface area (Å²) in [6.07, 6.45) is 13.5. The van der Waals surface area contributed by atoms with E-state index in [9.17, 15) is 59.5 Å². The lowest BCUT2D eigenvalue weighted by molar-refractivity contribution is -0.684. The van der Waals surface area contributed by atoms with Crippen LogP contribution in [0, 0.1) is 0 Å². The van der Waals surface area contributed by atoms with Crippen LogP contribution in [0.5, 0.6) is 0 Å². The van der Waals surface area contributed by atoms with Crippen molar-refractivity contribution in [2.24, 2.45) is 4.99 Å². The second kappa shape index (κ2) is 23.2. The number of rotatable bonds is 24. The van der Waals surface area contributed by atoms with Crippen LogP contribution in [0.3, 0.4) is 0 Å². The highest BCUT2D eigenvalue weighted by atomic mass is 32.2. The summed E-state index contributed by atoms with van der Waals surface area (Å²) in [6.45, 7) is 8.34. The van der Waals surface area contributed by atoms with E-state index < -0.39 is 78.3 Å². The fraction of sp³-hybridized carbons (Fsp3) is 0.490. The molecule has 394 valence electrons. The highest BCUT2D eigenvalue weighted by molar-refractivity contribution is 7.86. The van der Waals surface area contributed by atoms with Crippen molar-refractivity contribution in [1.29, 1.82) is 0 Å². The second-order valence-electron chi connectivity index (χ2n) is 19.0. The number of carbonyl (C=O) groups excluding carboxylic acids is 7. The highest BCUT2D eigenvalue weighted by Crippen LogP contribution is 2.48. The van der Waals surface area contributed by atoms with Crippen molar-refractivity contribution >= 4 is 78.9 Å². The van der Waals surface area contributed by atoms with Crippen LogP contribution in [0.25, 0.3) is 0 Å². The van der Waals surface area contributed by atoms with E-state index in [2.05, 4.69) is 0 Å². The van der Waals surface area contributed by atoms with E-state index in [1.807, 2.05) is 44.7 Å². The maximum atomic E-state index is 13.8. The van der Waals surface area contributed by atoms with Gasteiger partial charge in [0, 0.05) is 74.7 Å². The minimum absolute atomic E-state index is 0.00324. The number of fused-ring (bicyclic) bond motifs is 2. The first kappa shape index (κ1) is 55.8. The number of carbonyl (C=O) groups is 7. The minimum Gasteiger partial charge on any atom is -0.748 e. The first-order chi connectivity index (χ1) is 34.3. The summed E-state index contributed by atoms with van der Waals surface area (Å²) in [5.74, 6) is -4.31. The van der Waals surface area contributed by atoms with Crippen LogP contribution in [0.2, 0.25) is 0 Å². The number of imide groups is 2. The number of unbranched alkanes of at least 4 members (excludes halogenated alkanes) is 4. The molecule has 0 radical (unpaired) electrons. The van der Waals surface area contributed by atoms with Crippen molar-refractivity contribution in [2.45, 2.75) is 133 Å². The number of allylic oxidation sites excluding steroid dienone is 6. The van der Waals surface area contributed by atoms with Gasteiger partial charge in [0.05, 0.1) is 44.7 Å². The van der Waals surface area contributed by atoms with Gasteiger partial charge >= 0.3 is 17.8 Å². The average molecular weight is 1050 g/mol. The molecule has 4 aliphatic heterocycles. The number of benzene rings is 1. The number of hydroxylamine groups is 6. The smallest absolute Gasteiger partial charge is 0.333 e. The maximum Gasteiger partial charge on any atom is 0.333 e. The fourth-order valence-corrected chi connectivity index (χ4v) is 9.78. The number of nitrogens with zero attached hydrogens (tertiary/aromatic N) is 6. The summed E-state index contributed by atoms with van der Waals surface area (Å²) in [5.41, 5.74) is 2.20. The minimum atomic E-state index is -4.53. The number of anilines is 1. The fourth-order valence-electron chi connectivity index (χ4n) is 8.79. The first-order valence-electron chi connectivity index (χ1n) is 23.9. The van der Waals surface area contributed by atoms with E-state index in [0.29, 0.717) is 77.9 Å². The Morgan fingerprint density at radius 3 is 1.95 bits per heavy atom. The van der Waals surface area contributed by atoms with E-state index in [1.165, 1.54) is 25.4 Å². The topological polar surface area (TPSA) is 288 Å². The Morgan fingerprint density at radius 2 is 1.37 bits per heavy atom. The predicted octanol–water partition coefficient (Wildman–Crippen LogP) is 4.65. The van der Waals surface area contributed by atoms with Gasteiger partial charge < -0.3 is 19.1 Å². The SMILES string of the molecule is CN(OCCCCCC(=O)ON1C(=O)CCC1=O)C(=O)c1cc2c([n+](CCCS(=O)(=O)[O-])c1)N=C(/C=C/C=C/C=C1/N(CCCCCC(=O)ON3C(=O)CCC3=O)c3ccc(S(=O)(=O)O)cc3C1(C)C)C2(C)C. The number of hydrogen-bond donors (Lipinski definition) is 1. The van der Waals surface area contributed by atoms with Gasteiger partial charge in [0.15, 0.2) is 5.71 Å². The molecule has 24 heteroatoms. The first-order valence-corrected chi connectivity index (χ1v) is 26.9. The Kier molecular flexibility index (Phi) is 17.7. The standard InChI is InChI=1S/C49H60N6O16S2/c1-48(2)36-30-33(47(62)51(5)69-28-14-8-12-19-45(61)71-55-42(58)24-25-43(55)59)32-52(26-15-29-72(63,64)65)46(36)50-38(48)16-9-6-10-17-39-49(3,4)35-31-34(73(66,67)68)20-21-37(35)53(39)27-13-7-11-18-44(60)70-54-40(56)22-23-41(54)57/h6,9-10,16-17,20-21,30-32H,7-8,11-15,18-19,22-29H2,1-5H3,(H-,63,64,65,66,67,68). The van der Waals surface area contributed by atoms with Crippen molar-refractivity contribution in [1.82, 2.24) is 15.2 Å². The van der Waals surface area contributed by atoms with Gasteiger partial charge in [-0.15, -0.1) is 10.1 Å². The monoisotopic (exact) mass is 1050 g/mol. The number of amides is 5. The quantitative estimate of drug-likeness (QED) is 0.0374. The van der Waals surface area contributed by atoms with E-state index >= 15 is 0 Å². The third-order valence-corrected chi connectivity index (χ3v) is 14.5. The van der Waals surface area contributed by atoms with Crippen LogP contribution in [-0.4, -0.2) is 114 Å². The third kappa shape index (κ3) is 13.8. The zero-order chi connectivity index (χ0) is 53.5. The van der Waals surface area contributed by atoms with E-state index in [4.69, 9.17) is 19.5 Å². The van der Waals surface area contributed by atoms with Crippen molar-refractivity contribution < 1.29 is 78.6 Å². The number of aliphatic imine (C=N–C) groups is 1. The van der Waals surface area contributed by atoms with E-state index in [-0.39, 0.29) is 68.6 Å². The Bertz CT molecular complexity index is 2880. The highest BCUT2D eigenvalue weighted by Gasteiger charge is 2.44. The Morgan fingerprint density at radius 1 is 0.781 bits per heavy atom. The normalized spacial score (nSPS) is 17.9. The lowest BCUT2D eigenvalue weighted by atomic mass is 9.81. The van der Waals surface area contributed by atoms with Gasteiger partial charge in [-0.3, -0.25) is 33.4 Å². The van der Waals surface area contributed by atoms with Crippen LogP contribution >= 0.6 is 0 Å². The number of pyridine rings is 1. The van der Waals surface area contributed by atoms with Gasteiger partial charge in [0.2, 0.25) is 0 Å². The molecular weight excluding hydrogens is 993 g/mol. The summed E-state index contributed by atoms with van der Waals surface area (Å²) in [7, 11) is -7.59. The van der Waals surface area contributed by atoms with Gasteiger partial charge in [-0.25, -0.2) is 27.6 Å². The molecule has 0 atom stereocenters. The molecule has 0 aliphatic carbocycles. The molecule has 2 aromatic rings. The van der Waals surface area contributed by atoms with Gasteiger partial charge in [-0.1, -0.05) is 44.9 Å². The molecule has 0 saturated carbocycles. The molecule has 2 fully saturated rings. The van der Waals surface area contributed by atoms with Crippen LogP contribution < -0.4 is 9.47 Å². The van der Waals surface area contributed by atoms with Gasteiger partial charge in [0.25, 0.3) is 39.7 Å². The molecule has 0 bridgehead atoms. The largest absolute Gasteiger partial charge is 0.748 e. The van der Waals surface area contributed by atoms with Crippen molar-refractivity contribution in [3.63, 3.8) is 0 Å². The molecule has 1 N–H and O–H groups in total. The molecule has 22 nitrogen and oxygen atoms in total. The van der Waals surface area contributed by atoms with Crippen LogP contribution in [0.1, 0.15) is 133 Å². The van der Waals surface area contributed by atoms with E-state index in [1.54, 1.807) is 34.9 Å². The lowest BCUT2D eigenvalue weighted by Gasteiger charge is -2.27. The van der Waals surface area contributed by atoms with Gasteiger partial charge in [-0.05, 0) is 92.9 Å². The summed E-state index contributed by atoms with van der Waals surface area (Å²) in [4.78, 5) is 108. The average Bonchev–Trinajstić information content (AvgIpc) is 3.96. The van der Waals surface area contributed by atoms with Gasteiger partial charge in [-0.2, -0.15) is 8.42 Å². The van der Waals surface area contributed by atoms with Crippen LogP contribution in [0.15, 0.2) is 76.4 Å². The lowest BCUT2D eigenvalue weighted by Crippen LogP contribution is -2.39. The van der Waals surface area contributed by atoms with Crippen molar-refractivity contribution in [2.75, 3.05) is 30.9 Å². The molecule has 4 aliphatic rings. The molecule has 6 rings (SSSR count). The van der Waals surface area contributed by atoms with Crippen LogP contribution in [-0.2, 0) is 80.9 Å².